The molecule has 0 amide bonds. The fourth-order valence-corrected chi connectivity index (χ4v) is 2.16. The number of nitrogens with zero attached hydrogens (tertiary/aromatic N) is 1. The molecular weight excluding hydrogens is 190 g/mol. The van der Waals surface area contributed by atoms with E-state index in [4.69, 9.17) is 0 Å². The number of hydrogen-bond acceptors (Lipinski definition) is 3. The summed E-state index contributed by atoms with van der Waals surface area (Å²) in [6.07, 6.45) is 0.398. The van der Waals surface area contributed by atoms with Crippen molar-refractivity contribution in [2.24, 2.45) is 0 Å². The molecule has 1 aliphatic heterocycles. The van der Waals surface area contributed by atoms with E-state index in [0.717, 1.165) is 6.54 Å². The normalized spacial score (nSPS) is 27.1. The lowest BCUT2D eigenvalue weighted by atomic mass is 10.2. The van der Waals surface area contributed by atoms with Gasteiger partial charge in [-0.3, -0.25) is 4.90 Å². The summed E-state index contributed by atoms with van der Waals surface area (Å²) in [7, 11) is 0. The number of hydrogen-bond donors (Lipinski definition) is 2. The smallest absolute Gasteiger partial charge is 0.0683 e. The van der Waals surface area contributed by atoms with Gasteiger partial charge in [0.1, 0.15) is 0 Å². The molecule has 0 bridgehead atoms. The highest BCUT2D eigenvalue weighted by Crippen LogP contribution is 2.19. The maximum atomic E-state index is 9.53. The summed E-state index contributed by atoms with van der Waals surface area (Å²) in [5.74, 6) is 0. The molecule has 1 aromatic rings. The van der Waals surface area contributed by atoms with Crippen molar-refractivity contribution in [3.63, 3.8) is 0 Å². The van der Waals surface area contributed by atoms with Crippen LogP contribution < -0.4 is 0 Å². The lowest BCUT2D eigenvalue weighted by molar-refractivity contribution is 0.150. The van der Waals surface area contributed by atoms with Crippen LogP contribution in [0.1, 0.15) is 12.0 Å². The minimum atomic E-state index is -0.286. The molecule has 1 aliphatic rings. The summed E-state index contributed by atoms with van der Waals surface area (Å²) >= 11 is 0. The van der Waals surface area contributed by atoms with Gasteiger partial charge in [-0.1, -0.05) is 30.3 Å². The van der Waals surface area contributed by atoms with E-state index in [-0.39, 0.29) is 18.8 Å². The molecule has 2 unspecified atom stereocenters. The molecule has 2 N–H and O–H groups in total. The van der Waals surface area contributed by atoms with Gasteiger partial charge < -0.3 is 10.2 Å². The van der Waals surface area contributed by atoms with E-state index >= 15 is 0 Å². The van der Waals surface area contributed by atoms with Crippen molar-refractivity contribution < 1.29 is 10.2 Å². The van der Waals surface area contributed by atoms with Crippen LogP contribution in [0, 0.1) is 0 Å². The van der Waals surface area contributed by atoms with E-state index in [2.05, 4.69) is 17.0 Å². The molecule has 82 valence electrons. The summed E-state index contributed by atoms with van der Waals surface area (Å²) in [6.45, 7) is 1.60. The summed E-state index contributed by atoms with van der Waals surface area (Å²) in [4.78, 5) is 2.14. The summed E-state index contributed by atoms with van der Waals surface area (Å²) < 4.78 is 0. The van der Waals surface area contributed by atoms with Crippen LogP contribution in [0.15, 0.2) is 30.3 Å². The van der Waals surface area contributed by atoms with Gasteiger partial charge in [0, 0.05) is 19.1 Å². The molecular formula is C12H17NO2. The molecule has 1 heterocycles. The zero-order chi connectivity index (χ0) is 10.7. The number of rotatable bonds is 3. The van der Waals surface area contributed by atoms with E-state index < -0.39 is 0 Å². The molecule has 1 aromatic carbocycles. The summed E-state index contributed by atoms with van der Waals surface area (Å²) in [5.41, 5.74) is 1.23. The molecule has 0 saturated carbocycles. The fourth-order valence-electron chi connectivity index (χ4n) is 2.16. The highest BCUT2D eigenvalue weighted by atomic mass is 16.3. The second kappa shape index (κ2) is 4.75. The molecule has 2 atom stereocenters. The van der Waals surface area contributed by atoms with Crippen molar-refractivity contribution in [3.8, 4) is 0 Å². The van der Waals surface area contributed by atoms with E-state index in [9.17, 15) is 10.2 Å². The lowest BCUT2D eigenvalue weighted by Crippen LogP contribution is -2.31. The van der Waals surface area contributed by atoms with Crippen molar-refractivity contribution in [1.82, 2.24) is 4.90 Å². The van der Waals surface area contributed by atoms with E-state index in [1.807, 2.05) is 18.2 Å². The number of benzene rings is 1. The molecule has 0 aliphatic carbocycles. The Morgan fingerprint density at radius 1 is 1.27 bits per heavy atom. The van der Waals surface area contributed by atoms with Crippen LogP contribution in [0.2, 0.25) is 0 Å². The third kappa shape index (κ3) is 2.56. The minimum absolute atomic E-state index is 0.111. The van der Waals surface area contributed by atoms with Crippen LogP contribution in [0.4, 0.5) is 0 Å². The Bertz CT molecular complexity index is 302. The Balaban J connectivity index is 2.00. The van der Waals surface area contributed by atoms with Crippen molar-refractivity contribution in [2.75, 3.05) is 13.2 Å². The largest absolute Gasteiger partial charge is 0.395 e. The Hall–Kier alpha value is -0.900. The first-order valence-corrected chi connectivity index (χ1v) is 5.36. The van der Waals surface area contributed by atoms with Gasteiger partial charge in [0.15, 0.2) is 0 Å². The van der Waals surface area contributed by atoms with Gasteiger partial charge in [0.25, 0.3) is 0 Å². The van der Waals surface area contributed by atoms with Gasteiger partial charge >= 0.3 is 0 Å². The molecule has 0 radical (unpaired) electrons. The van der Waals surface area contributed by atoms with E-state index in [0.29, 0.717) is 13.0 Å². The van der Waals surface area contributed by atoms with E-state index in [1.54, 1.807) is 0 Å². The second-order valence-electron chi connectivity index (χ2n) is 4.14. The van der Waals surface area contributed by atoms with Crippen LogP contribution in [0.25, 0.3) is 0 Å². The Labute approximate surface area is 90.0 Å². The van der Waals surface area contributed by atoms with Crippen molar-refractivity contribution in [3.05, 3.63) is 35.9 Å². The highest BCUT2D eigenvalue weighted by Gasteiger charge is 2.29. The molecule has 1 saturated heterocycles. The molecule has 1 fully saturated rings. The fraction of sp³-hybridized carbons (Fsp3) is 0.500. The van der Waals surface area contributed by atoms with Gasteiger partial charge in [0.2, 0.25) is 0 Å². The quantitative estimate of drug-likeness (QED) is 0.763. The lowest BCUT2D eigenvalue weighted by Gasteiger charge is -2.22. The minimum Gasteiger partial charge on any atom is -0.395 e. The molecule has 3 heteroatoms. The first kappa shape index (κ1) is 10.6. The predicted octanol–water partition coefficient (Wildman–Crippen LogP) is 0.614. The third-order valence-electron chi connectivity index (χ3n) is 2.95. The van der Waals surface area contributed by atoms with Crippen LogP contribution in [-0.4, -0.2) is 40.4 Å². The average Bonchev–Trinajstić information content (AvgIpc) is 2.60. The Morgan fingerprint density at radius 2 is 2.00 bits per heavy atom. The predicted molar refractivity (Wildman–Crippen MR) is 58.3 cm³/mol. The average molecular weight is 207 g/mol. The van der Waals surface area contributed by atoms with Gasteiger partial charge in [0.05, 0.1) is 12.7 Å². The maximum absolute atomic E-state index is 9.53. The first-order valence-electron chi connectivity index (χ1n) is 5.36. The van der Waals surface area contributed by atoms with Crippen molar-refractivity contribution >= 4 is 0 Å². The zero-order valence-corrected chi connectivity index (χ0v) is 8.71. The maximum Gasteiger partial charge on any atom is 0.0683 e. The molecule has 3 nitrogen and oxygen atoms in total. The Kier molecular flexibility index (Phi) is 3.36. The monoisotopic (exact) mass is 207 g/mol. The molecule has 15 heavy (non-hydrogen) atoms. The van der Waals surface area contributed by atoms with Gasteiger partial charge in [-0.25, -0.2) is 0 Å². The van der Waals surface area contributed by atoms with Gasteiger partial charge in [-0.15, -0.1) is 0 Å². The Morgan fingerprint density at radius 3 is 2.67 bits per heavy atom. The molecule has 0 spiro atoms. The standard InChI is InChI=1S/C12H17NO2/c14-9-11-6-12(15)8-13(11)7-10-4-2-1-3-5-10/h1-5,11-12,14-15H,6-9H2. The molecule has 2 rings (SSSR count). The SMILES string of the molecule is OCC1CC(O)CN1Cc1ccccc1. The first-order chi connectivity index (χ1) is 7.29. The van der Waals surface area contributed by atoms with Gasteiger partial charge in [-0.2, -0.15) is 0 Å². The molecule has 0 aromatic heterocycles. The number of likely N-dealkylation sites (tertiary alicyclic amines) is 1. The highest BCUT2D eigenvalue weighted by molar-refractivity contribution is 5.15. The summed E-state index contributed by atoms with van der Waals surface area (Å²) in [6, 6.07) is 10.3. The third-order valence-corrected chi connectivity index (χ3v) is 2.95. The summed E-state index contributed by atoms with van der Waals surface area (Å²) in [5, 5.41) is 18.7. The number of β-amino-alcohol motifs (C(OH)–C–C–N with tert-alkyl or cyclic N) is 1. The van der Waals surface area contributed by atoms with Crippen LogP contribution in [0.3, 0.4) is 0 Å². The van der Waals surface area contributed by atoms with Crippen LogP contribution >= 0.6 is 0 Å². The van der Waals surface area contributed by atoms with E-state index in [1.165, 1.54) is 5.56 Å². The second-order valence-corrected chi connectivity index (χ2v) is 4.14. The van der Waals surface area contributed by atoms with Crippen LogP contribution in [0.5, 0.6) is 0 Å². The topological polar surface area (TPSA) is 43.7 Å². The number of aliphatic hydroxyl groups is 2. The van der Waals surface area contributed by atoms with Crippen molar-refractivity contribution in [2.45, 2.75) is 25.1 Å². The zero-order valence-electron chi connectivity index (χ0n) is 8.71. The van der Waals surface area contributed by atoms with Gasteiger partial charge in [-0.05, 0) is 12.0 Å². The van der Waals surface area contributed by atoms with Crippen molar-refractivity contribution in [1.29, 1.82) is 0 Å². The van der Waals surface area contributed by atoms with Crippen LogP contribution in [-0.2, 0) is 6.54 Å². The number of aliphatic hydroxyl groups excluding tert-OH is 2.